The van der Waals surface area contributed by atoms with E-state index in [0.29, 0.717) is 24.7 Å². The lowest BCUT2D eigenvalue weighted by atomic mass is 10.0. The highest BCUT2D eigenvalue weighted by molar-refractivity contribution is 5.03. The largest absolute Gasteiger partial charge is 0.378 e. The summed E-state index contributed by atoms with van der Waals surface area (Å²) in [5.41, 5.74) is 5.05. The van der Waals surface area contributed by atoms with Crippen LogP contribution in [0.5, 0.6) is 0 Å². The lowest BCUT2D eigenvalue weighted by Gasteiger charge is -2.22. The van der Waals surface area contributed by atoms with Crippen LogP contribution in [0.25, 0.3) is 0 Å². The van der Waals surface area contributed by atoms with Crippen LogP contribution in [-0.2, 0) is 21.4 Å². The Morgan fingerprint density at radius 1 is 1.32 bits per heavy atom. The van der Waals surface area contributed by atoms with Gasteiger partial charge in [0.25, 0.3) is 0 Å². The molecule has 1 aromatic rings. The summed E-state index contributed by atoms with van der Waals surface area (Å²) in [7, 11) is 1.65. The van der Waals surface area contributed by atoms with Crippen LogP contribution >= 0.6 is 0 Å². The van der Waals surface area contributed by atoms with Crippen LogP contribution < -0.4 is 5.73 Å². The summed E-state index contributed by atoms with van der Waals surface area (Å²) >= 11 is 0. The average Bonchev–Trinajstić information content (AvgIpc) is 2.75. The summed E-state index contributed by atoms with van der Waals surface area (Å²) in [5.74, 6) is 0.970. The molecule has 6 heteroatoms. The molecule has 0 saturated heterocycles. The molecule has 0 aliphatic rings. The van der Waals surface area contributed by atoms with Gasteiger partial charge < -0.3 is 19.7 Å². The summed E-state index contributed by atoms with van der Waals surface area (Å²) in [6, 6.07) is 0. The molecule has 0 saturated carbocycles. The first kappa shape index (κ1) is 16.1. The van der Waals surface area contributed by atoms with Crippen molar-refractivity contribution in [2.24, 2.45) is 5.73 Å². The predicted molar refractivity (Wildman–Crippen MR) is 71.7 cm³/mol. The summed E-state index contributed by atoms with van der Waals surface area (Å²) in [5, 5.41) is 3.94. The second-order valence-corrected chi connectivity index (χ2v) is 5.93. The van der Waals surface area contributed by atoms with Crippen molar-refractivity contribution in [1.82, 2.24) is 10.1 Å². The minimum atomic E-state index is -0.761. The third-order valence-electron chi connectivity index (χ3n) is 2.82. The molecule has 1 heterocycles. The van der Waals surface area contributed by atoms with E-state index in [-0.39, 0.29) is 11.7 Å². The molecule has 1 rings (SSSR count). The molecule has 1 unspecified atom stereocenters. The van der Waals surface area contributed by atoms with Crippen molar-refractivity contribution in [2.75, 3.05) is 13.7 Å². The summed E-state index contributed by atoms with van der Waals surface area (Å²) < 4.78 is 16.1. The summed E-state index contributed by atoms with van der Waals surface area (Å²) in [6.07, 6.45) is 0.652. The van der Waals surface area contributed by atoms with Gasteiger partial charge in [-0.05, 0) is 34.6 Å². The van der Waals surface area contributed by atoms with E-state index in [9.17, 15) is 0 Å². The van der Waals surface area contributed by atoms with Gasteiger partial charge >= 0.3 is 0 Å². The van der Waals surface area contributed by atoms with Crippen LogP contribution in [-0.4, -0.2) is 35.6 Å². The minimum absolute atomic E-state index is 0.113. The zero-order chi connectivity index (χ0) is 14.7. The Balaban J connectivity index is 2.73. The first-order valence-electron chi connectivity index (χ1n) is 6.45. The standard InChI is InChI=1S/C13H25N3O3/c1-9(2)18-8-13(5,14)11-15-10(19-16-11)7-12(3,4)17-6/h9H,7-8,14H2,1-6H3. The third-order valence-corrected chi connectivity index (χ3v) is 2.82. The highest BCUT2D eigenvalue weighted by Gasteiger charge is 2.30. The van der Waals surface area contributed by atoms with Crippen molar-refractivity contribution < 1.29 is 14.0 Å². The molecular weight excluding hydrogens is 246 g/mol. The number of ether oxygens (including phenoxy) is 2. The van der Waals surface area contributed by atoms with Crippen molar-refractivity contribution in [3.05, 3.63) is 11.7 Å². The molecule has 0 aliphatic heterocycles. The lowest BCUT2D eigenvalue weighted by Crippen LogP contribution is -2.40. The topological polar surface area (TPSA) is 83.4 Å². The van der Waals surface area contributed by atoms with Crippen LogP contribution in [0.15, 0.2) is 4.52 Å². The SMILES string of the molecule is COC(C)(C)Cc1nc(C(C)(N)COC(C)C)no1. The van der Waals surface area contributed by atoms with E-state index in [0.717, 1.165) is 0 Å². The van der Waals surface area contributed by atoms with Gasteiger partial charge in [-0.3, -0.25) is 0 Å². The number of rotatable bonds is 7. The van der Waals surface area contributed by atoms with Gasteiger partial charge in [-0.2, -0.15) is 4.98 Å². The molecule has 1 aromatic heterocycles. The van der Waals surface area contributed by atoms with E-state index < -0.39 is 5.54 Å². The van der Waals surface area contributed by atoms with Crippen LogP contribution in [0.2, 0.25) is 0 Å². The van der Waals surface area contributed by atoms with Gasteiger partial charge in [-0.1, -0.05) is 5.16 Å². The van der Waals surface area contributed by atoms with Crippen molar-refractivity contribution in [3.63, 3.8) is 0 Å². The molecule has 0 aliphatic carbocycles. The maximum atomic E-state index is 6.15. The Morgan fingerprint density at radius 2 is 1.95 bits per heavy atom. The maximum absolute atomic E-state index is 6.15. The van der Waals surface area contributed by atoms with Gasteiger partial charge in [0.2, 0.25) is 5.89 Å². The highest BCUT2D eigenvalue weighted by atomic mass is 16.5. The fourth-order valence-electron chi connectivity index (χ4n) is 1.40. The number of nitrogens with two attached hydrogens (primary N) is 1. The number of methoxy groups -OCH3 is 1. The third kappa shape index (κ3) is 4.89. The van der Waals surface area contributed by atoms with Gasteiger partial charge in [0.15, 0.2) is 5.82 Å². The molecule has 6 nitrogen and oxygen atoms in total. The van der Waals surface area contributed by atoms with Gasteiger partial charge in [-0.15, -0.1) is 0 Å². The average molecular weight is 271 g/mol. The Morgan fingerprint density at radius 3 is 2.47 bits per heavy atom. The van der Waals surface area contributed by atoms with E-state index >= 15 is 0 Å². The molecule has 19 heavy (non-hydrogen) atoms. The number of hydrogen-bond donors (Lipinski definition) is 1. The molecule has 110 valence electrons. The first-order chi connectivity index (χ1) is 8.66. The monoisotopic (exact) mass is 271 g/mol. The van der Waals surface area contributed by atoms with Crippen LogP contribution in [0.3, 0.4) is 0 Å². The van der Waals surface area contributed by atoms with Gasteiger partial charge in [-0.25, -0.2) is 0 Å². The highest BCUT2D eigenvalue weighted by Crippen LogP contribution is 2.19. The molecule has 1 atom stereocenters. The molecule has 0 radical (unpaired) electrons. The summed E-state index contributed by atoms with van der Waals surface area (Å²) in [6.45, 7) is 10.0. The summed E-state index contributed by atoms with van der Waals surface area (Å²) in [4.78, 5) is 4.33. The van der Waals surface area contributed by atoms with E-state index in [4.69, 9.17) is 19.7 Å². The van der Waals surface area contributed by atoms with E-state index in [1.165, 1.54) is 0 Å². The van der Waals surface area contributed by atoms with Crippen molar-refractivity contribution in [1.29, 1.82) is 0 Å². The lowest BCUT2D eigenvalue weighted by molar-refractivity contribution is 0.0170. The number of hydrogen-bond acceptors (Lipinski definition) is 6. The Labute approximate surface area is 114 Å². The van der Waals surface area contributed by atoms with E-state index in [2.05, 4.69) is 10.1 Å². The molecule has 0 aromatic carbocycles. The molecule has 0 amide bonds. The van der Waals surface area contributed by atoms with Crippen molar-refractivity contribution in [3.8, 4) is 0 Å². The second-order valence-electron chi connectivity index (χ2n) is 5.93. The Hall–Kier alpha value is -0.980. The molecular formula is C13H25N3O3. The number of nitrogens with zero attached hydrogens (tertiary/aromatic N) is 2. The quantitative estimate of drug-likeness (QED) is 0.811. The van der Waals surface area contributed by atoms with Crippen LogP contribution in [0.4, 0.5) is 0 Å². The number of aromatic nitrogens is 2. The maximum Gasteiger partial charge on any atom is 0.229 e. The smallest absolute Gasteiger partial charge is 0.229 e. The van der Waals surface area contributed by atoms with Crippen molar-refractivity contribution in [2.45, 2.75) is 58.3 Å². The molecule has 2 N–H and O–H groups in total. The molecule has 0 fully saturated rings. The fraction of sp³-hybridized carbons (Fsp3) is 0.846. The molecule has 0 spiro atoms. The zero-order valence-electron chi connectivity index (χ0n) is 12.7. The van der Waals surface area contributed by atoms with Gasteiger partial charge in [0.1, 0.15) is 5.54 Å². The minimum Gasteiger partial charge on any atom is -0.378 e. The van der Waals surface area contributed by atoms with E-state index in [1.807, 2.05) is 34.6 Å². The predicted octanol–water partition coefficient (Wildman–Crippen LogP) is 1.64. The van der Waals surface area contributed by atoms with E-state index in [1.54, 1.807) is 7.11 Å². The van der Waals surface area contributed by atoms with Gasteiger partial charge in [0, 0.05) is 7.11 Å². The van der Waals surface area contributed by atoms with Crippen LogP contribution in [0.1, 0.15) is 46.3 Å². The normalized spacial score (nSPS) is 15.8. The van der Waals surface area contributed by atoms with Crippen molar-refractivity contribution >= 4 is 0 Å². The fourth-order valence-corrected chi connectivity index (χ4v) is 1.40. The Kier molecular flexibility index (Phi) is 5.06. The zero-order valence-corrected chi connectivity index (χ0v) is 12.7. The molecule has 0 bridgehead atoms. The van der Waals surface area contributed by atoms with Gasteiger partial charge in [0.05, 0.1) is 24.7 Å². The first-order valence-corrected chi connectivity index (χ1v) is 6.45. The Bertz CT molecular complexity index is 400. The van der Waals surface area contributed by atoms with Crippen LogP contribution in [0, 0.1) is 0 Å². The second kappa shape index (κ2) is 5.98.